The van der Waals surface area contributed by atoms with Gasteiger partial charge in [-0.1, -0.05) is 35.9 Å². The van der Waals surface area contributed by atoms with Crippen LogP contribution in [0.3, 0.4) is 0 Å². The molecule has 0 radical (unpaired) electrons. The van der Waals surface area contributed by atoms with E-state index in [1.54, 1.807) is 0 Å². The van der Waals surface area contributed by atoms with Crippen LogP contribution in [0.25, 0.3) is 10.9 Å². The molecule has 28 heavy (non-hydrogen) atoms. The Bertz CT molecular complexity index is 1000. The number of aromatic amines is 1. The number of rotatable bonds is 3. The van der Waals surface area contributed by atoms with E-state index >= 15 is 0 Å². The number of hydrogen-bond acceptors (Lipinski definition) is 3. The molecule has 2 aliphatic rings. The van der Waals surface area contributed by atoms with Crippen LogP contribution < -0.4 is 5.32 Å². The number of carbonyl (C=O) groups is 1. The predicted molar refractivity (Wildman–Crippen MR) is 110 cm³/mol. The van der Waals surface area contributed by atoms with Crippen molar-refractivity contribution in [3.63, 3.8) is 0 Å². The van der Waals surface area contributed by atoms with Gasteiger partial charge in [-0.15, -0.1) is 0 Å². The fraction of sp³-hybridized carbons (Fsp3) is 0.318. The second-order valence-electron chi connectivity index (χ2n) is 7.63. The summed E-state index contributed by atoms with van der Waals surface area (Å²) in [6.45, 7) is 2.38. The molecule has 2 aliphatic heterocycles. The largest absolute Gasteiger partial charge is 0.371 e. The Morgan fingerprint density at radius 3 is 2.86 bits per heavy atom. The average molecular weight is 396 g/mol. The molecule has 3 heterocycles. The SMILES string of the molecule is O=C(N[C@H]1C[C@H]2CO[C@@H](c3ccc(Cl)cc3)CN2C1)c1cccc2cc[nH]c12. The first kappa shape index (κ1) is 17.7. The molecular weight excluding hydrogens is 374 g/mol. The van der Waals surface area contributed by atoms with Crippen molar-refractivity contribution in [1.29, 1.82) is 0 Å². The van der Waals surface area contributed by atoms with Gasteiger partial charge in [0.15, 0.2) is 0 Å². The minimum atomic E-state index is -0.0203. The molecule has 2 aromatic carbocycles. The summed E-state index contributed by atoms with van der Waals surface area (Å²) < 4.78 is 6.10. The van der Waals surface area contributed by atoms with Gasteiger partial charge in [0.1, 0.15) is 0 Å². The molecule has 0 saturated carbocycles. The van der Waals surface area contributed by atoms with E-state index in [9.17, 15) is 4.79 Å². The molecular formula is C22H22ClN3O2. The smallest absolute Gasteiger partial charge is 0.253 e. The maximum Gasteiger partial charge on any atom is 0.253 e. The number of carbonyl (C=O) groups excluding carboxylic acids is 1. The van der Waals surface area contributed by atoms with E-state index < -0.39 is 0 Å². The third kappa shape index (κ3) is 3.30. The molecule has 3 aromatic rings. The van der Waals surface area contributed by atoms with Gasteiger partial charge < -0.3 is 15.0 Å². The van der Waals surface area contributed by atoms with Gasteiger partial charge in [0.2, 0.25) is 0 Å². The van der Waals surface area contributed by atoms with Crippen molar-refractivity contribution in [3.05, 3.63) is 70.9 Å². The van der Waals surface area contributed by atoms with Gasteiger partial charge in [0.25, 0.3) is 5.91 Å². The lowest BCUT2D eigenvalue weighted by Gasteiger charge is -2.35. The molecule has 1 aromatic heterocycles. The molecule has 2 N–H and O–H groups in total. The lowest BCUT2D eigenvalue weighted by Crippen LogP contribution is -2.43. The summed E-state index contributed by atoms with van der Waals surface area (Å²) in [7, 11) is 0. The van der Waals surface area contributed by atoms with E-state index in [1.165, 1.54) is 0 Å². The fourth-order valence-corrected chi connectivity index (χ4v) is 4.52. The summed E-state index contributed by atoms with van der Waals surface area (Å²) in [6.07, 6.45) is 2.83. The zero-order chi connectivity index (χ0) is 19.1. The van der Waals surface area contributed by atoms with Gasteiger partial charge in [-0.2, -0.15) is 0 Å². The summed E-state index contributed by atoms with van der Waals surface area (Å²) in [5, 5.41) is 5.01. The van der Waals surface area contributed by atoms with Crippen molar-refractivity contribution in [2.24, 2.45) is 0 Å². The number of para-hydroxylation sites is 1. The molecule has 2 fully saturated rings. The number of benzene rings is 2. The Morgan fingerprint density at radius 2 is 2.00 bits per heavy atom. The van der Waals surface area contributed by atoms with Gasteiger partial charge in [0.05, 0.1) is 23.8 Å². The van der Waals surface area contributed by atoms with Crippen LogP contribution in [0.1, 0.15) is 28.4 Å². The molecule has 144 valence electrons. The number of nitrogens with one attached hydrogen (secondary N) is 2. The van der Waals surface area contributed by atoms with E-state index in [0.717, 1.165) is 41.0 Å². The second-order valence-corrected chi connectivity index (χ2v) is 8.07. The lowest BCUT2D eigenvalue weighted by molar-refractivity contribution is -0.0502. The van der Waals surface area contributed by atoms with Crippen LogP contribution in [0.4, 0.5) is 0 Å². The molecule has 0 bridgehead atoms. The third-order valence-corrected chi connectivity index (χ3v) is 6.08. The van der Waals surface area contributed by atoms with E-state index in [-0.39, 0.29) is 18.1 Å². The van der Waals surface area contributed by atoms with Crippen LogP contribution in [0.5, 0.6) is 0 Å². The van der Waals surface area contributed by atoms with Gasteiger partial charge in [-0.25, -0.2) is 0 Å². The number of nitrogens with zero attached hydrogens (tertiary/aromatic N) is 1. The minimum absolute atomic E-state index is 0.0203. The first-order valence-corrected chi connectivity index (χ1v) is 10.0. The molecule has 5 rings (SSSR count). The van der Waals surface area contributed by atoms with Gasteiger partial charge in [0, 0.05) is 41.8 Å². The van der Waals surface area contributed by atoms with Crippen molar-refractivity contribution in [1.82, 2.24) is 15.2 Å². The number of fused-ring (bicyclic) bond motifs is 2. The van der Waals surface area contributed by atoms with Gasteiger partial charge in [-0.3, -0.25) is 9.69 Å². The first-order chi connectivity index (χ1) is 13.7. The number of amides is 1. The highest BCUT2D eigenvalue weighted by atomic mass is 35.5. The molecule has 0 aliphatic carbocycles. The number of ether oxygens (including phenoxy) is 1. The van der Waals surface area contributed by atoms with Crippen LogP contribution in [-0.2, 0) is 4.74 Å². The molecule has 3 atom stereocenters. The van der Waals surface area contributed by atoms with Crippen molar-refractivity contribution in [2.45, 2.75) is 24.6 Å². The fourth-order valence-electron chi connectivity index (χ4n) is 4.40. The normalized spacial score (nSPS) is 25.0. The number of H-pyrrole nitrogens is 1. The van der Waals surface area contributed by atoms with Crippen LogP contribution in [-0.4, -0.2) is 47.6 Å². The Kier molecular flexibility index (Phi) is 4.59. The first-order valence-electron chi connectivity index (χ1n) is 9.65. The summed E-state index contributed by atoms with van der Waals surface area (Å²) in [5.41, 5.74) is 2.73. The third-order valence-electron chi connectivity index (χ3n) is 5.83. The maximum absolute atomic E-state index is 12.8. The minimum Gasteiger partial charge on any atom is -0.371 e. The Morgan fingerprint density at radius 1 is 1.14 bits per heavy atom. The summed E-state index contributed by atoms with van der Waals surface area (Å²) in [5.74, 6) is -0.0203. The predicted octanol–water partition coefficient (Wildman–Crippen LogP) is 3.77. The Balaban J connectivity index is 1.25. The van der Waals surface area contributed by atoms with Crippen LogP contribution in [0.15, 0.2) is 54.7 Å². The van der Waals surface area contributed by atoms with Gasteiger partial charge >= 0.3 is 0 Å². The highest BCUT2D eigenvalue weighted by Crippen LogP contribution is 2.31. The Hall–Kier alpha value is -2.34. The van der Waals surface area contributed by atoms with Crippen molar-refractivity contribution >= 4 is 28.4 Å². The summed E-state index contributed by atoms with van der Waals surface area (Å²) >= 11 is 5.99. The zero-order valence-electron chi connectivity index (χ0n) is 15.4. The molecule has 2 saturated heterocycles. The number of hydrogen-bond donors (Lipinski definition) is 2. The summed E-state index contributed by atoms with van der Waals surface area (Å²) in [4.78, 5) is 18.4. The second kappa shape index (κ2) is 7.24. The summed E-state index contributed by atoms with van der Waals surface area (Å²) in [6, 6.07) is 16.1. The Labute approximate surface area is 168 Å². The quantitative estimate of drug-likeness (QED) is 0.709. The van der Waals surface area contributed by atoms with E-state index in [0.29, 0.717) is 18.2 Å². The molecule has 0 spiro atoms. The highest BCUT2D eigenvalue weighted by Gasteiger charge is 2.38. The van der Waals surface area contributed by atoms with Crippen molar-refractivity contribution in [3.8, 4) is 0 Å². The van der Waals surface area contributed by atoms with E-state index in [1.807, 2.05) is 54.7 Å². The van der Waals surface area contributed by atoms with Gasteiger partial charge in [-0.05, 0) is 36.2 Å². The van der Waals surface area contributed by atoms with Crippen molar-refractivity contribution < 1.29 is 9.53 Å². The monoisotopic (exact) mass is 395 g/mol. The number of morpholine rings is 1. The van der Waals surface area contributed by atoms with Crippen molar-refractivity contribution in [2.75, 3.05) is 19.7 Å². The molecule has 5 nitrogen and oxygen atoms in total. The standard InChI is InChI=1S/C22H22ClN3O2/c23-16-6-4-14(5-7-16)20-12-26-11-17(10-18(26)13-28-20)25-22(27)19-3-1-2-15-8-9-24-21(15)19/h1-9,17-18,20,24H,10-13H2,(H,25,27)/t17-,18-,20+/m0/s1. The topological polar surface area (TPSA) is 57.4 Å². The average Bonchev–Trinajstić information content (AvgIpc) is 3.33. The van der Waals surface area contributed by atoms with E-state index in [4.69, 9.17) is 16.3 Å². The molecule has 6 heteroatoms. The zero-order valence-corrected chi connectivity index (χ0v) is 16.2. The van der Waals surface area contributed by atoms with E-state index in [2.05, 4.69) is 15.2 Å². The lowest BCUT2D eigenvalue weighted by atomic mass is 10.1. The number of aromatic nitrogens is 1. The van der Waals surface area contributed by atoms with Crippen LogP contribution >= 0.6 is 11.6 Å². The van der Waals surface area contributed by atoms with Crippen LogP contribution in [0.2, 0.25) is 5.02 Å². The highest BCUT2D eigenvalue weighted by molar-refractivity contribution is 6.30. The molecule has 0 unspecified atom stereocenters. The molecule has 1 amide bonds. The number of halogens is 1. The van der Waals surface area contributed by atoms with Crippen LogP contribution in [0, 0.1) is 0 Å². The maximum atomic E-state index is 12.8.